The van der Waals surface area contributed by atoms with Crippen LogP contribution in [0.15, 0.2) is 70.3 Å². The maximum absolute atomic E-state index is 13.2. The van der Waals surface area contributed by atoms with E-state index in [4.69, 9.17) is 9.15 Å². The molecule has 7 nitrogen and oxygen atoms in total. The lowest BCUT2D eigenvalue weighted by Crippen LogP contribution is -2.32. The van der Waals surface area contributed by atoms with Gasteiger partial charge in [0.2, 0.25) is 5.91 Å². The van der Waals surface area contributed by atoms with E-state index in [9.17, 15) is 4.79 Å². The number of ether oxygens (including phenoxy) is 1. The smallest absolute Gasteiger partial charge is 0.237 e. The highest BCUT2D eigenvalue weighted by Gasteiger charge is 2.22. The molecule has 30 heavy (non-hydrogen) atoms. The van der Waals surface area contributed by atoms with E-state index in [1.807, 2.05) is 45.9 Å². The number of nitrogens with zero attached hydrogens (tertiary/aromatic N) is 4. The summed E-state index contributed by atoms with van der Waals surface area (Å²) in [4.78, 5) is 15.0. The monoisotopic (exact) mass is 424 g/mol. The molecular weight excluding hydrogens is 400 g/mol. The number of methoxy groups -OCH3 is 1. The van der Waals surface area contributed by atoms with Crippen LogP contribution in [0, 0.1) is 0 Å². The Morgan fingerprint density at radius 3 is 2.93 bits per heavy atom. The standard InChI is InChI=1S/C22H24N4O3S/c1-28-20-12-6-5-11-19(20)26-16-23-24-22(26)30-15-21(27)25(14-18-10-7-13-29-18)17-8-3-2-4-9-17/h5-8,10-13,16H,2-4,9,14-15H2,1H3. The van der Waals surface area contributed by atoms with Crippen LogP contribution in [0.4, 0.5) is 0 Å². The Balaban J connectivity index is 1.50. The second kappa shape index (κ2) is 9.67. The Labute approximate surface area is 179 Å². The lowest BCUT2D eigenvalue weighted by Gasteiger charge is -2.27. The van der Waals surface area contributed by atoms with Gasteiger partial charge in [-0.2, -0.15) is 0 Å². The zero-order chi connectivity index (χ0) is 20.8. The highest BCUT2D eigenvalue weighted by Crippen LogP contribution is 2.28. The highest BCUT2D eigenvalue weighted by molar-refractivity contribution is 7.99. The fourth-order valence-corrected chi connectivity index (χ4v) is 4.29. The molecule has 1 aliphatic rings. The topological polar surface area (TPSA) is 73.4 Å². The van der Waals surface area contributed by atoms with Gasteiger partial charge in [-0.25, -0.2) is 0 Å². The van der Waals surface area contributed by atoms with Crippen molar-refractivity contribution in [2.75, 3.05) is 12.9 Å². The molecule has 3 aromatic rings. The number of hydrogen-bond donors (Lipinski definition) is 0. The molecule has 0 radical (unpaired) electrons. The van der Waals surface area contributed by atoms with Crippen molar-refractivity contribution in [3.63, 3.8) is 0 Å². The number of benzene rings is 1. The number of carbonyl (C=O) groups excluding carboxylic acids is 1. The molecule has 2 heterocycles. The molecule has 0 bridgehead atoms. The van der Waals surface area contributed by atoms with Gasteiger partial charge in [-0.3, -0.25) is 9.36 Å². The predicted octanol–water partition coefficient (Wildman–Crippen LogP) is 4.45. The third-order valence-corrected chi connectivity index (χ3v) is 5.92. The van der Waals surface area contributed by atoms with E-state index < -0.39 is 0 Å². The number of para-hydroxylation sites is 2. The van der Waals surface area contributed by atoms with Crippen LogP contribution >= 0.6 is 11.8 Å². The Bertz CT molecular complexity index is 1010. The van der Waals surface area contributed by atoms with E-state index in [2.05, 4.69) is 16.3 Å². The molecule has 0 spiro atoms. The van der Waals surface area contributed by atoms with Crippen molar-refractivity contribution in [2.24, 2.45) is 0 Å². The molecule has 8 heteroatoms. The lowest BCUT2D eigenvalue weighted by atomic mass is 10.0. The van der Waals surface area contributed by atoms with E-state index in [0.717, 1.165) is 42.2 Å². The average Bonchev–Trinajstić information content (AvgIpc) is 3.48. The molecule has 0 saturated carbocycles. The van der Waals surface area contributed by atoms with Crippen molar-refractivity contribution in [2.45, 2.75) is 37.4 Å². The highest BCUT2D eigenvalue weighted by atomic mass is 32.2. The van der Waals surface area contributed by atoms with Crippen LogP contribution in [0.5, 0.6) is 5.75 Å². The summed E-state index contributed by atoms with van der Waals surface area (Å²) in [5, 5.41) is 8.88. The lowest BCUT2D eigenvalue weighted by molar-refractivity contribution is -0.127. The Hall–Kier alpha value is -3.00. The van der Waals surface area contributed by atoms with Gasteiger partial charge in [-0.15, -0.1) is 10.2 Å². The number of amides is 1. The fraction of sp³-hybridized carbons (Fsp3) is 0.318. The number of furan rings is 1. The third kappa shape index (κ3) is 4.59. The summed E-state index contributed by atoms with van der Waals surface area (Å²) in [6, 6.07) is 11.4. The number of allylic oxidation sites excluding steroid dienone is 2. The SMILES string of the molecule is COc1ccccc1-n1cnnc1SCC(=O)N(Cc1ccco1)C1=CCCCC1. The van der Waals surface area contributed by atoms with Crippen molar-refractivity contribution in [1.29, 1.82) is 0 Å². The molecule has 0 fully saturated rings. The molecule has 0 unspecified atom stereocenters. The second-order valence-corrected chi connectivity index (χ2v) is 7.89. The summed E-state index contributed by atoms with van der Waals surface area (Å²) in [5.41, 5.74) is 1.91. The van der Waals surface area contributed by atoms with Crippen LogP contribution in [0.2, 0.25) is 0 Å². The van der Waals surface area contributed by atoms with Gasteiger partial charge in [0.05, 0.1) is 31.4 Å². The van der Waals surface area contributed by atoms with Crippen molar-refractivity contribution in [3.8, 4) is 11.4 Å². The van der Waals surface area contributed by atoms with E-state index in [1.54, 1.807) is 19.7 Å². The minimum atomic E-state index is 0.0270. The number of rotatable bonds is 8. The minimum absolute atomic E-state index is 0.0270. The summed E-state index contributed by atoms with van der Waals surface area (Å²) in [6.45, 7) is 0.442. The average molecular weight is 425 g/mol. The Kier molecular flexibility index (Phi) is 6.53. The van der Waals surface area contributed by atoms with Crippen LogP contribution in [0.25, 0.3) is 5.69 Å². The van der Waals surface area contributed by atoms with Gasteiger partial charge >= 0.3 is 0 Å². The van der Waals surface area contributed by atoms with Crippen LogP contribution in [0.3, 0.4) is 0 Å². The van der Waals surface area contributed by atoms with Gasteiger partial charge < -0.3 is 14.1 Å². The van der Waals surface area contributed by atoms with Gasteiger partial charge in [0.15, 0.2) is 5.16 Å². The van der Waals surface area contributed by atoms with Gasteiger partial charge in [0.25, 0.3) is 0 Å². The summed E-state index contributed by atoms with van der Waals surface area (Å²) in [6.07, 6.45) is 9.63. The zero-order valence-corrected chi connectivity index (χ0v) is 17.7. The van der Waals surface area contributed by atoms with E-state index in [0.29, 0.717) is 11.7 Å². The predicted molar refractivity (Wildman–Crippen MR) is 114 cm³/mol. The van der Waals surface area contributed by atoms with E-state index in [1.165, 1.54) is 18.2 Å². The van der Waals surface area contributed by atoms with E-state index >= 15 is 0 Å². The van der Waals surface area contributed by atoms with E-state index in [-0.39, 0.29) is 11.7 Å². The molecular formula is C22H24N4O3S. The summed E-state index contributed by atoms with van der Waals surface area (Å²) < 4.78 is 12.8. The van der Waals surface area contributed by atoms with Gasteiger partial charge in [-0.1, -0.05) is 30.0 Å². The number of aromatic nitrogens is 3. The van der Waals surface area contributed by atoms with Crippen molar-refractivity contribution in [1.82, 2.24) is 19.7 Å². The first-order valence-electron chi connectivity index (χ1n) is 9.94. The molecule has 0 atom stereocenters. The van der Waals surface area contributed by atoms with Crippen LogP contribution < -0.4 is 4.74 Å². The summed E-state index contributed by atoms with van der Waals surface area (Å²) >= 11 is 1.37. The molecule has 1 amide bonds. The number of carbonyl (C=O) groups is 1. The van der Waals surface area contributed by atoms with Gasteiger partial charge in [-0.05, 0) is 49.9 Å². The fourth-order valence-electron chi connectivity index (χ4n) is 3.50. The maximum atomic E-state index is 13.2. The molecule has 156 valence electrons. The first-order chi connectivity index (χ1) is 14.8. The number of thioether (sulfide) groups is 1. The first-order valence-corrected chi connectivity index (χ1v) is 10.9. The van der Waals surface area contributed by atoms with Crippen LogP contribution in [-0.2, 0) is 11.3 Å². The van der Waals surface area contributed by atoms with Gasteiger partial charge in [0.1, 0.15) is 17.8 Å². The third-order valence-electron chi connectivity index (χ3n) is 4.99. The molecule has 1 aliphatic carbocycles. The molecule has 0 aliphatic heterocycles. The molecule has 1 aromatic carbocycles. The largest absolute Gasteiger partial charge is 0.495 e. The molecule has 4 rings (SSSR count). The quantitative estimate of drug-likeness (QED) is 0.498. The van der Waals surface area contributed by atoms with Crippen LogP contribution in [0.1, 0.15) is 31.4 Å². The molecule has 0 N–H and O–H groups in total. The maximum Gasteiger partial charge on any atom is 0.237 e. The number of hydrogen-bond acceptors (Lipinski definition) is 6. The normalized spacial score (nSPS) is 13.7. The molecule has 0 saturated heterocycles. The van der Waals surface area contributed by atoms with Crippen molar-refractivity contribution < 1.29 is 13.9 Å². The minimum Gasteiger partial charge on any atom is -0.495 e. The van der Waals surface area contributed by atoms with Crippen molar-refractivity contribution in [3.05, 3.63) is 66.5 Å². The van der Waals surface area contributed by atoms with Crippen LogP contribution in [-0.4, -0.2) is 38.4 Å². The first kappa shape index (κ1) is 20.3. The Morgan fingerprint density at radius 2 is 2.17 bits per heavy atom. The zero-order valence-electron chi connectivity index (χ0n) is 16.9. The molecule has 2 aromatic heterocycles. The second-order valence-electron chi connectivity index (χ2n) is 6.94. The summed E-state index contributed by atoms with van der Waals surface area (Å²) in [5.74, 6) is 1.78. The Morgan fingerprint density at radius 1 is 1.27 bits per heavy atom. The van der Waals surface area contributed by atoms with Gasteiger partial charge in [0, 0.05) is 5.70 Å². The summed E-state index contributed by atoms with van der Waals surface area (Å²) in [7, 11) is 1.63. The van der Waals surface area contributed by atoms with Crippen molar-refractivity contribution >= 4 is 17.7 Å².